The van der Waals surface area contributed by atoms with Crippen LogP contribution in [0, 0.1) is 6.92 Å². The number of anilines is 1. The summed E-state index contributed by atoms with van der Waals surface area (Å²) in [5.41, 5.74) is 3.44. The van der Waals surface area contributed by atoms with Crippen LogP contribution in [0.4, 0.5) is 5.69 Å². The van der Waals surface area contributed by atoms with E-state index in [9.17, 15) is 0 Å². The molecule has 0 unspecified atom stereocenters. The number of aryl methyl sites for hydroxylation is 1. The fourth-order valence-corrected chi connectivity index (χ4v) is 3.44. The maximum atomic E-state index is 5.52. The monoisotopic (exact) mass is 385 g/mol. The van der Waals surface area contributed by atoms with Crippen molar-refractivity contribution < 1.29 is 9.47 Å². The Labute approximate surface area is 166 Å². The number of para-hydroxylation sites is 1. The fraction of sp³-hybridized carbons (Fsp3) is 0.381. The number of hydrogen-bond acceptors (Lipinski definition) is 4. The Morgan fingerprint density at radius 1 is 1.15 bits per heavy atom. The van der Waals surface area contributed by atoms with Gasteiger partial charge in [-0.15, -0.1) is 0 Å². The Kier molecular flexibility index (Phi) is 7.04. The molecule has 27 heavy (non-hydrogen) atoms. The molecule has 0 aliphatic carbocycles. The van der Waals surface area contributed by atoms with Gasteiger partial charge in [-0.25, -0.2) is 0 Å². The second-order valence-corrected chi connectivity index (χ2v) is 7.00. The van der Waals surface area contributed by atoms with Crippen molar-refractivity contribution in [2.24, 2.45) is 0 Å². The van der Waals surface area contributed by atoms with Crippen molar-refractivity contribution in [1.82, 2.24) is 10.2 Å². The molecule has 2 aromatic rings. The summed E-state index contributed by atoms with van der Waals surface area (Å²) in [4.78, 5) is 2.44. The minimum Gasteiger partial charge on any atom is -0.497 e. The van der Waals surface area contributed by atoms with Gasteiger partial charge in [-0.2, -0.15) is 0 Å². The molecule has 1 aliphatic rings. The SMILES string of the molecule is COc1ccc([C@H](CNC(=S)Nc2ccccc2C)N2CCOCC2)cc1. The van der Waals surface area contributed by atoms with E-state index < -0.39 is 0 Å². The smallest absolute Gasteiger partial charge is 0.170 e. The normalized spacial score (nSPS) is 15.8. The molecule has 1 saturated heterocycles. The molecule has 0 spiro atoms. The number of thiocarbonyl (C=S) groups is 1. The summed E-state index contributed by atoms with van der Waals surface area (Å²) in [6, 6.07) is 16.6. The first-order valence-corrected chi connectivity index (χ1v) is 9.64. The van der Waals surface area contributed by atoms with Crippen LogP contribution in [0.25, 0.3) is 0 Å². The number of benzene rings is 2. The van der Waals surface area contributed by atoms with E-state index in [1.165, 1.54) is 11.1 Å². The Balaban J connectivity index is 1.67. The highest BCUT2D eigenvalue weighted by Crippen LogP contribution is 2.24. The molecule has 6 heteroatoms. The molecule has 1 fully saturated rings. The third-order valence-electron chi connectivity index (χ3n) is 4.84. The number of rotatable bonds is 6. The molecule has 0 saturated carbocycles. The number of morpholine rings is 1. The highest BCUT2D eigenvalue weighted by molar-refractivity contribution is 7.80. The van der Waals surface area contributed by atoms with Gasteiger partial charge in [0.05, 0.1) is 26.4 Å². The Morgan fingerprint density at radius 2 is 1.85 bits per heavy atom. The van der Waals surface area contributed by atoms with Crippen LogP contribution in [0.5, 0.6) is 5.75 Å². The second kappa shape index (κ2) is 9.69. The molecular weight excluding hydrogens is 358 g/mol. The first kappa shape index (κ1) is 19.6. The van der Waals surface area contributed by atoms with Gasteiger partial charge in [0.1, 0.15) is 5.75 Å². The van der Waals surface area contributed by atoms with Gasteiger partial charge in [-0.1, -0.05) is 30.3 Å². The lowest BCUT2D eigenvalue weighted by Crippen LogP contribution is -2.44. The molecule has 1 aliphatic heterocycles. The van der Waals surface area contributed by atoms with Crippen LogP contribution in [0.15, 0.2) is 48.5 Å². The van der Waals surface area contributed by atoms with Gasteiger partial charge in [-0.3, -0.25) is 4.90 Å². The molecule has 3 rings (SSSR count). The predicted molar refractivity (Wildman–Crippen MR) is 114 cm³/mol. The summed E-state index contributed by atoms with van der Waals surface area (Å²) in [6.07, 6.45) is 0. The molecule has 144 valence electrons. The average Bonchev–Trinajstić information content (AvgIpc) is 2.71. The summed E-state index contributed by atoms with van der Waals surface area (Å²) in [5, 5.41) is 7.32. The van der Waals surface area contributed by atoms with Crippen molar-refractivity contribution in [3.05, 3.63) is 59.7 Å². The summed E-state index contributed by atoms with van der Waals surface area (Å²) < 4.78 is 10.8. The third-order valence-corrected chi connectivity index (χ3v) is 5.08. The number of nitrogens with zero attached hydrogens (tertiary/aromatic N) is 1. The molecule has 0 aromatic heterocycles. The first-order chi connectivity index (χ1) is 13.2. The summed E-state index contributed by atoms with van der Waals surface area (Å²) in [7, 11) is 1.69. The zero-order valence-electron chi connectivity index (χ0n) is 15.9. The number of ether oxygens (including phenoxy) is 2. The lowest BCUT2D eigenvalue weighted by molar-refractivity contribution is 0.0170. The van der Waals surface area contributed by atoms with Crippen LogP contribution in [-0.2, 0) is 4.74 Å². The fourth-order valence-electron chi connectivity index (χ4n) is 3.24. The van der Waals surface area contributed by atoms with E-state index >= 15 is 0 Å². The molecule has 2 N–H and O–H groups in total. The lowest BCUT2D eigenvalue weighted by Gasteiger charge is -2.35. The van der Waals surface area contributed by atoms with E-state index in [1.54, 1.807) is 7.11 Å². The molecule has 0 radical (unpaired) electrons. The van der Waals surface area contributed by atoms with Gasteiger partial charge in [0, 0.05) is 25.3 Å². The summed E-state index contributed by atoms with van der Waals surface area (Å²) in [5.74, 6) is 0.865. The van der Waals surface area contributed by atoms with Crippen LogP contribution < -0.4 is 15.4 Å². The first-order valence-electron chi connectivity index (χ1n) is 9.23. The maximum absolute atomic E-state index is 5.52. The number of hydrogen-bond donors (Lipinski definition) is 2. The van der Waals surface area contributed by atoms with Crippen molar-refractivity contribution in [3.8, 4) is 5.75 Å². The summed E-state index contributed by atoms with van der Waals surface area (Å²) in [6.45, 7) is 6.15. The van der Waals surface area contributed by atoms with Crippen molar-refractivity contribution in [3.63, 3.8) is 0 Å². The van der Waals surface area contributed by atoms with Crippen LogP contribution in [-0.4, -0.2) is 50.0 Å². The molecular formula is C21H27N3O2S. The number of methoxy groups -OCH3 is 1. The molecule has 5 nitrogen and oxygen atoms in total. The van der Waals surface area contributed by atoms with E-state index in [0.29, 0.717) is 5.11 Å². The maximum Gasteiger partial charge on any atom is 0.170 e. The zero-order chi connectivity index (χ0) is 19.1. The Morgan fingerprint density at radius 3 is 2.52 bits per heavy atom. The molecule has 1 atom stereocenters. The van der Waals surface area contributed by atoms with Crippen molar-refractivity contribution in [2.45, 2.75) is 13.0 Å². The van der Waals surface area contributed by atoms with Crippen molar-refractivity contribution in [2.75, 3.05) is 45.3 Å². The van der Waals surface area contributed by atoms with E-state index in [2.05, 4.69) is 40.7 Å². The van der Waals surface area contributed by atoms with Gasteiger partial charge >= 0.3 is 0 Å². The predicted octanol–water partition coefficient (Wildman–Crippen LogP) is 3.36. The van der Waals surface area contributed by atoms with Crippen molar-refractivity contribution >= 4 is 23.0 Å². The Bertz CT molecular complexity index is 745. The molecule has 2 aromatic carbocycles. The highest BCUT2D eigenvalue weighted by atomic mass is 32.1. The van der Waals surface area contributed by atoms with E-state index in [0.717, 1.165) is 44.3 Å². The average molecular weight is 386 g/mol. The largest absolute Gasteiger partial charge is 0.497 e. The lowest BCUT2D eigenvalue weighted by atomic mass is 10.0. The topological polar surface area (TPSA) is 45.8 Å². The molecule has 0 bridgehead atoms. The minimum atomic E-state index is 0.219. The van der Waals surface area contributed by atoms with Crippen LogP contribution in [0.1, 0.15) is 17.2 Å². The second-order valence-electron chi connectivity index (χ2n) is 6.59. The van der Waals surface area contributed by atoms with E-state index in [-0.39, 0.29) is 6.04 Å². The van der Waals surface area contributed by atoms with Crippen LogP contribution in [0.2, 0.25) is 0 Å². The quantitative estimate of drug-likeness (QED) is 0.744. The van der Waals surface area contributed by atoms with Gasteiger partial charge in [0.15, 0.2) is 5.11 Å². The van der Waals surface area contributed by atoms with Crippen LogP contribution in [0.3, 0.4) is 0 Å². The van der Waals surface area contributed by atoms with Gasteiger partial charge in [-0.05, 0) is 48.5 Å². The minimum absolute atomic E-state index is 0.219. The summed E-state index contributed by atoms with van der Waals surface area (Å²) >= 11 is 5.52. The van der Waals surface area contributed by atoms with E-state index in [4.69, 9.17) is 21.7 Å². The van der Waals surface area contributed by atoms with Crippen LogP contribution >= 0.6 is 12.2 Å². The zero-order valence-corrected chi connectivity index (χ0v) is 16.7. The molecule has 1 heterocycles. The standard InChI is InChI=1S/C21H27N3O2S/c1-16-5-3-4-6-19(16)23-21(27)22-15-20(24-11-13-26-14-12-24)17-7-9-18(25-2)10-8-17/h3-10,20H,11-15H2,1-2H3,(H2,22,23,27)/t20-/m0/s1. The van der Waals surface area contributed by atoms with Gasteiger partial charge in [0.2, 0.25) is 0 Å². The van der Waals surface area contributed by atoms with E-state index in [1.807, 2.05) is 30.3 Å². The van der Waals surface area contributed by atoms with Gasteiger partial charge in [0.25, 0.3) is 0 Å². The number of nitrogens with one attached hydrogen (secondary N) is 2. The molecule has 0 amide bonds. The Hall–Kier alpha value is -2.15. The highest BCUT2D eigenvalue weighted by Gasteiger charge is 2.23. The van der Waals surface area contributed by atoms with Crippen molar-refractivity contribution in [1.29, 1.82) is 0 Å². The van der Waals surface area contributed by atoms with Gasteiger partial charge < -0.3 is 20.1 Å². The third kappa shape index (κ3) is 5.42.